The minimum atomic E-state index is -0.733. The van der Waals surface area contributed by atoms with Gasteiger partial charge in [0, 0.05) is 12.7 Å². The van der Waals surface area contributed by atoms with E-state index in [4.69, 9.17) is 4.74 Å². The average molecular weight is 212 g/mol. The Hall–Kier alpha value is -1.65. The van der Waals surface area contributed by atoms with Crippen molar-refractivity contribution in [3.8, 4) is 5.75 Å². The molecule has 0 spiro atoms. The predicted molar refractivity (Wildman–Crippen MR) is 53.0 cm³/mol. The first-order chi connectivity index (χ1) is 7.15. The predicted octanol–water partition coefficient (Wildman–Crippen LogP) is 1.12. The number of nitrogens with one attached hydrogen (secondary N) is 1. The molecule has 1 atom stereocenters. The molecule has 1 rings (SSSR count). The maximum atomic E-state index is 13.0. The molecule has 1 amide bonds. The van der Waals surface area contributed by atoms with Gasteiger partial charge in [0.2, 0.25) is 0 Å². The summed E-state index contributed by atoms with van der Waals surface area (Å²) in [6, 6.07) is 2.97. The Kier molecular flexibility index (Phi) is 4.03. The molecular weight excluding hydrogens is 199 g/mol. The minimum absolute atomic E-state index is 0.0174. The zero-order valence-corrected chi connectivity index (χ0v) is 8.66. The Labute approximate surface area is 87.5 Å². The largest absolute Gasteiger partial charge is 0.476 e. The molecule has 0 aliphatic carbocycles. The van der Waals surface area contributed by atoms with Gasteiger partial charge in [0.05, 0.1) is 0 Å². The number of nitrogens with zero attached hydrogens (tertiary/aromatic N) is 1. The fourth-order valence-electron chi connectivity index (χ4n) is 1.02. The molecule has 15 heavy (non-hydrogen) atoms. The van der Waals surface area contributed by atoms with Crippen molar-refractivity contribution in [2.75, 3.05) is 6.54 Å². The van der Waals surface area contributed by atoms with E-state index in [1.165, 1.54) is 12.3 Å². The molecule has 5 heteroatoms. The highest BCUT2D eigenvalue weighted by Crippen LogP contribution is 2.14. The van der Waals surface area contributed by atoms with Crippen LogP contribution in [-0.2, 0) is 4.79 Å². The molecule has 4 nitrogen and oxygen atoms in total. The topological polar surface area (TPSA) is 51.2 Å². The lowest BCUT2D eigenvalue weighted by Gasteiger charge is -2.13. The van der Waals surface area contributed by atoms with Gasteiger partial charge in [0.1, 0.15) is 0 Å². The monoisotopic (exact) mass is 212 g/mol. The molecule has 0 bridgehead atoms. The van der Waals surface area contributed by atoms with Crippen LogP contribution in [0.15, 0.2) is 18.3 Å². The van der Waals surface area contributed by atoms with Crippen molar-refractivity contribution < 1.29 is 13.9 Å². The summed E-state index contributed by atoms with van der Waals surface area (Å²) in [6.07, 6.45) is 0.586. The molecule has 1 heterocycles. The lowest BCUT2D eigenvalue weighted by Crippen LogP contribution is -2.36. The molecule has 0 aliphatic rings. The van der Waals surface area contributed by atoms with Crippen molar-refractivity contribution in [2.24, 2.45) is 0 Å². The number of carbonyl (C=O) groups is 1. The maximum Gasteiger partial charge on any atom is 0.260 e. The van der Waals surface area contributed by atoms with Gasteiger partial charge < -0.3 is 10.1 Å². The molecule has 0 radical (unpaired) electrons. The highest BCUT2D eigenvalue weighted by molar-refractivity contribution is 5.80. The first-order valence-electron chi connectivity index (χ1n) is 4.70. The highest BCUT2D eigenvalue weighted by Gasteiger charge is 2.15. The second kappa shape index (κ2) is 5.29. The van der Waals surface area contributed by atoms with Crippen LogP contribution in [0.4, 0.5) is 4.39 Å². The molecule has 0 aromatic carbocycles. The van der Waals surface area contributed by atoms with Gasteiger partial charge in [-0.15, -0.1) is 0 Å². The quantitative estimate of drug-likeness (QED) is 0.761. The van der Waals surface area contributed by atoms with Crippen molar-refractivity contribution in [1.82, 2.24) is 10.3 Å². The number of rotatable bonds is 4. The normalized spacial score (nSPS) is 11.9. The number of carbonyl (C=O) groups excluding carboxylic acids is 1. The van der Waals surface area contributed by atoms with Crippen molar-refractivity contribution in [3.05, 3.63) is 24.3 Å². The SMILES string of the molecule is CCNC(=O)C(C)Oc1cccnc1F. The molecule has 1 N–H and O–H groups in total. The van der Waals surface area contributed by atoms with Gasteiger partial charge >= 0.3 is 0 Å². The van der Waals surface area contributed by atoms with Gasteiger partial charge in [-0.25, -0.2) is 4.98 Å². The summed E-state index contributed by atoms with van der Waals surface area (Å²) in [5.74, 6) is -1.01. The molecule has 82 valence electrons. The summed E-state index contributed by atoms with van der Waals surface area (Å²) in [7, 11) is 0. The molecule has 1 aromatic rings. The van der Waals surface area contributed by atoms with Crippen LogP contribution in [0.5, 0.6) is 5.75 Å². The number of likely N-dealkylation sites (N-methyl/N-ethyl adjacent to an activating group) is 1. The van der Waals surface area contributed by atoms with Crippen LogP contribution in [0.2, 0.25) is 0 Å². The van der Waals surface area contributed by atoms with E-state index in [1.807, 2.05) is 0 Å². The van der Waals surface area contributed by atoms with Crippen LogP contribution >= 0.6 is 0 Å². The lowest BCUT2D eigenvalue weighted by atomic mass is 10.3. The van der Waals surface area contributed by atoms with E-state index < -0.39 is 12.1 Å². The van der Waals surface area contributed by atoms with E-state index in [2.05, 4.69) is 10.3 Å². The summed E-state index contributed by atoms with van der Waals surface area (Å²) in [5, 5.41) is 2.58. The zero-order chi connectivity index (χ0) is 11.3. The molecule has 0 aliphatic heterocycles. The third kappa shape index (κ3) is 3.19. The Morgan fingerprint density at radius 1 is 1.73 bits per heavy atom. The van der Waals surface area contributed by atoms with Crippen LogP contribution in [0.1, 0.15) is 13.8 Å². The van der Waals surface area contributed by atoms with Crippen molar-refractivity contribution in [2.45, 2.75) is 20.0 Å². The number of ether oxygens (including phenoxy) is 1. The Morgan fingerprint density at radius 2 is 2.47 bits per heavy atom. The van der Waals surface area contributed by atoms with Crippen LogP contribution in [-0.4, -0.2) is 23.5 Å². The molecule has 0 saturated carbocycles. The number of pyridine rings is 1. The van der Waals surface area contributed by atoms with E-state index >= 15 is 0 Å². The molecular formula is C10H13FN2O2. The second-order valence-corrected chi connectivity index (χ2v) is 2.95. The minimum Gasteiger partial charge on any atom is -0.476 e. The lowest BCUT2D eigenvalue weighted by molar-refractivity contribution is -0.127. The Bertz CT molecular complexity index is 344. The summed E-state index contributed by atoms with van der Waals surface area (Å²) in [5.41, 5.74) is 0. The number of halogens is 1. The van der Waals surface area contributed by atoms with Gasteiger partial charge in [-0.3, -0.25) is 4.79 Å². The summed E-state index contributed by atoms with van der Waals surface area (Å²) < 4.78 is 18.1. The molecule has 0 fully saturated rings. The smallest absolute Gasteiger partial charge is 0.260 e. The second-order valence-electron chi connectivity index (χ2n) is 2.95. The van der Waals surface area contributed by atoms with Crippen LogP contribution in [0, 0.1) is 5.95 Å². The fourth-order valence-corrected chi connectivity index (χ4v) is 1.02. The van der Waals surface area contributed by atoms with Gasteiger partial charge in [0.15, 0.2) is 11.9 Å². The van der Waals surface area contributed by atoms with Gasteiger partial charge in [-0.2, -0.15) is 4.39 Å². The number of hydrogen-bond acceptors (Lipinski definition) is 3. The fraction of sp³-hybridized carbons (Fsp3) is 0.400. The summed E-state index contributed by atoms with van der Waals surface area (Å²) >= 11 is 0. The standard InChI is InChI=1S/C10H13FN2O2/c1-3-12-10(14)7(2)15-8-5-4-6-13-9(8)11/h4-7H,3H2,1-2H3,(H,12,14). The molecule has 1 unspecified atom stereocenters. The third-order valence-corrected chi connectivity index (χ3v) is 1.75. The zero-order valence-electron chi connectivity index (χ0n) is 8.66. The van der Waals surface area contributed by atoms with Crippen molar-refractivity contribution >= 4 is 5.91 Å². The number of hydrogen-bond donors (Lipinski definition) is 1. The van der Waals surface area contributed by atoms with E-state index in [-0.39, 0.29) is 11.7 Å². The van der Waals surface area contributed by atoms with E-state index in [0.29, 0.717) is 6.54 Å². The van der Waals surface area contributed by atoms with E-state index in [0.717, 1.165) is 0 Å². The van der Waals surface area contributed by atoms with Crippen LogP contribution in [0.3, 0.4) is 0 Å². The van der Waals surface area contributed by atoms with Gasteiger partial charge in [0.25, 0.3) is 11.9 Å². The maximum absolute atomic E-state index is 13.0. The van der Waals surface area contributed by atoms with Gasteiger partial charge in [-0.05, 0) is 26.0 Å². The Balaban J connectivity index is 2.62. The number of aromatic nitrogens is 1. The molecule has 0 saturated heterocycles. The highest BCUT2D eigenvalue weighted by atomic mass is 19.1. The molecule has 1 aromatic heterocycles. The van der Waals surface area contributed by atoms with Crippen molar-refractivity contribution in [3.63, 3.8) is 0 Å². The summed E-state index contributed by atoms with van der Waals surface area (Å²) in [6.45, 7) is 3.87. The van der Waals surface area contributed by atoms with Crippen LogP contribution in [0.25, 0.3) is 0 Å². The van der Waals surface area contributed by atoms with E-state index in [9.17, 15) is 9.18 Å². The number of amides is 1. The average Bonchev–Trinajstić information content (AvgIpc) is 2.21. The van der Waals surface area contributed by atoms with Crippen LogP contribution < -0.4 is 10.1 Å². The first-order valence-corrected chi connectivity index (χ1v) is 4.70. The van der Waals surface area contributed by atoms with Gasteiger partial charge in [-0.1, -0.05) is 0 Å². The van der Waals surface area contributed by atoms with Crippen molar-refractivity contribution in [1.29, 1.82) is 0 Å². The van der Waals surface area contributed by atoms with E-state index in [1.54, 1.807) is 19.9 Å². The Morgan fingerprint density at radius 3 is 3.07 bits per heavy atom. The third-order valence-electron chi connectivity index (χ3n) is 1.75. The summed E-state index contributed by atoms with van der Waals surface area (Å²) in [4.78, 5) is 14.7. The first kappa shape index (κ1) is 11.4.